The number of fused-ring (bicyclic) bond motifs is 1. The van der Waals surface area contributed by atoms with Crippen LogP contribution in [0.4, 0.5) is 0 Å². The highest BCUT2D eigenvalue weighted by Gasteiger charge is 2.29. The number of rotatable bonds is 7. The van der Waals surface area contributed by atoms with Crippen LogP contribution >= 0.6 is 0 Å². The molecule has 0 spiro atoms. The van der Waals surface area contributed by atoms with Crippen molar-refractivity contribution in [2.75, 3.05) is 14.2 Å². The number of hydrogen-bond donors (Lipinski definition) is 0. The molecule has 35 heavy (non-hydrogen) atoms. The third-order valence-corrected chi connectivity index (χ3v) is 6.38. The second kappa shape index (κ2) is 10.9. The van der Waals surface area contributed by atoms with Gasteiger partial charge in [0.2, 0.25) is 0 Å². The molecule has 0 radical (unpaired) electrons. The molecular formula is C28H27NO6. The van der Waals surface area contributed by atoms with Crippen LogP contribution in [-0.4, -0.2) is 32.3 Å². The number of methoxy groups -OCH3 is 2. The number of ether oxygens (including phenoxy) is 4. The Morgan fingerprint density at radius 2 is 1.71 bits per heavy atom. The molecule has 7 heteroatoms. The Labute approximate surface area is 204 Å². The number of esters is 2. The maximum Gasteiger partial charge on any atom is 0.341 e. The first-order valence-corrected chi connectivity index (χ1v) is 11.5. The van der Waals surface area contributed by atoms with E-state index in [2.05, 4.69) is 6.07 Å². The Morgan fingerprint density at radius 1 is 0.971 bits per heavy atom. The summed E-state index contributed by atoms with van der Waals surface area (Å²) in [7, 11) is 2.70. The van der Waals surface area contributed by atoms with E-state index < -0.39 is 5.97 Å². The summed E-state index contributed by atoms with van der Waals surface area (Å²) in [5.74, 6) is -0.420. The maximum absolute atomic E-state index is 12.7. The lowest BCUT2D eigenvalue weighted by atomic mass is 9.87. The zero-order chi connectivity index (χ0) is 24.8. The average Bonchev–Trinajstić information content (AvgIpc) is 2.91. The van der Waals surface area contributed by atoms with E-state index in [0.29, 0.717) is 31.4 Å². The molecule has 0 bridgehead atoms. The molecule has 0 unspecified atom stereocenters. The summed E-state index contributed by atoms with van der Waals surface area (Å²) >= 11 is 0. The zero-order valence-electron chi connectivity index (χ0n) is 19.8. The Bertz CT molecular complexity index is 1260. The van der Waals surface area contributed by atoms with Gasteiger partial charge in [0.1, 0.15) is 29.7 Å². The smallest absolute Gasteiger partial charge is 0.341 e. The van der Waals surface area contributed by atoms with Gasteiger partial charge in [0.25, 0.3) is 0 Å². The molecule has 3 aromatic carbocycles. The van der Waals surface area contributed by atoms with Gasteiger partial charge >= 0.3 is 11.9 Å². The number of carbonyl (C=O) groups excluding carboxylic acids is 2. The van der Waals surface area contributed by atoms with Crippen molar-refractivity contribution in [3.05, 3.63) is 71.3 Å². The van der Waals surface area contributed by atoms with Crippen molar-refractivity contribution in [1.29, 1.82) is 5.26 Å². The summed E-state index contributed by atoms with van der Waals surface area (Å²) in [6, 6.07) is 19.0. The highest BCUT2D eigenvalue weighted by Crippen LogP contribution is 2.33. The van der Waals surface area contributed by atoms with Gasteiger partial charge in [-0.2, -0.15) is 5.26 Å². The van der Waals surface area contributed by atoms with Crippen LogP contribution in [0, 0.1) is 17.2 Å². The fourth-order valence-electron chi connectivity index (χ4n) is 4.46. The molecule has 0 atom stereocenters. The molecule has 0 saturated heterocycles. The number of nitrogens with zero attached hydrogens (tertiary/aromatic N) is 1. The van der Waals surface area contributed by atoms with Gasteiger partial charge in [0.05, 0.1) is 31.8 Å². The molecule has 0 amide bonds. The molecule has 0 heterocycles. The molecule has 0 aliphatic heterocycles. The highest BCUT2D eigenvalue weighted by atomic mass is 16.5. The topological polar surface area (TPSA) is 94.9 Å². The zero-order valence-corrected chi connectivity index (χ0v) is 19.8. The van der Waals surface area contributed by atoms with E-state index in [0.717, 1.165) is 16.3 Å². The largest absolute Gasteiger partial charge is 0.496 e. The van der Waals surface area contributed by atoms with Crippen LogP contribution in [0.3, 0.4) is 0 Å². The van der Waals surface area contributed by atoms with E-state index in [9.17, 15) is 14.9 Å². The van der Waals surface area contributed by atoms with E-state index >= 15 is 0 Å². The summed E-state index contributed by atoms with van der Waals surface area (Å²) in [5, 5.41) is 11.7. The van der Waals surface area contributed by atoms with Gasteiger partial charge in [-0.1, -0.05) is 42.5 Å². The van der Waals surface area contributed by atoms with Gasteiger partial charge in [0, 0.05) is 6.07 Å². The molecule has 4 rings (SSSR count). The molecule has 3 aromatic rings. The fraction of sp³-hybridized carbons (Fsp3) is 0.321. The second-order valence-corrected chi connectivity index (χ2v) is 8.49. The first-order chi connectivity index (χ1) is 17.0. The Morgan fingerprint density at radius 3 is 2.43 bits per heavy atom. The summed E-state index contributed by atoms with van der Waals surface area (Å²) in [5.41, 5.74) is 1.44. The minimum Gasteiger partial charge on any atom is -0.496 e. The normalized spacial score (nSPS) is 17.3. The van der Waals surface area contributed by atoms with Crippen LogP contribution in [0.1, 0.15) is 47.2 Å². The van der Waals surface area contributed by atoms with Crippen molar-refractivity contribution in [3.8, 4) is 17.6 Å². The van der Waals surface area contributed by atoms with E-state index in [1.54, 1.807) is 0 Å². The fourth-order valence-corrected chi connectivity index (χ4v) is 4.46. The number of nitriles is 1. The second-order valence-electron chi connectivity index (χ2n) is 8.49. The number of benzene rings is 3. The minimum absolute atomic E-state index is 0.178. The monoisotopic (exact) mass is 473 g/mol. The van der Waals surface area contributed by atoms with Crippen molar-refractivity contribution >= 4 is 22.7 Å². The van der Waals surface area contributed by atoms with Crippen LogP contribution in [0.2, 0.25) is 0 Å². The summed E-state index contributed by atoms with van der Waals surface area (Å²) in [6.07, 6.45) is 2.35. The van der Waals surface area contributed by atoms with Gasteiger partial charge in [-0.25, -0.2) is 4.79 Å². The van der Waals surface area contributed by atoms with Gasteiger partial charge in [0.15, 0.2) is 0 Å². The van der Waals surface area contributed by atoms with E-state index in [1.807, 2.05) is 42.5 Å². The van der Waals surface area contributed by atoms with Crippen molar-refractivity contribution in [2.24, 2.45) is 5.92 Å². The van der Waals surface area contributed by atoms with Crippen LogP contribution in [-0.2, 0) is 20.9 Å². The predicted molar refractivity (Wildman–Crippen MR) is 129 cm³/mol. The molecule has 180 valence electrons. The number of hydrogen-bond acceptors (Lipinski definition) is 7. The Kier molecular flexibility index (Phi) is 7.51. The van der Waals surface area contributed by atoms with Gasteiger partial charge in [-0.3, -0.25) is 4.79 Å². The van der Waals surface area contributed by atoms with E-state index in [-0.39, 0.29) is 41.5 Å². The lowest BCUT2D eigenvalue weighted by Gasteiger charge is -2.28. The first-order valence-electron chi connectivity index (χ1n) is 11.5. The molecule has 1 aliphatic carbocycles. The predicted octanol–water partition coefficient (Wildman–Crippen LogP) is 5.19. The van der Waals surface area contributed by atoms with Gasteiger partial charge < -0.3 is 18.9 Å². The summed E-state index contributed by atoms with van der Waals surface area (Å²) in [6.45, 7) is 0.240. The lowest BCUT2D eigenvalue weighted by Crippen LogP contribution is -2.29. The number of carbonyl (C=O) groups is 2. The Hall–Kier alpha value is -4.05. The molecule has 0 N–H and O–H groups in total. The quantitative estimate of drug-likeness (QED) is 0.436. The van der Waals surface area contributed by atoms with Crippen molar-refractivity contribution < 1.29 is 28.5 Å². The molecule has 1 saturated carbocycles. The van der Waals surface area contributed by atoms with Crippen LogP contribution in [0.25, 0.3) is 10.8 Å². The van der Waals surface area contributed by atoms with Crippen molar-refractivity contribution in [3.63, 3.8) is 0 Å². The molecule has 1 aliphatic rings. The first kappa shape index (κ1) is 24.1. The molecule has 1 fully saturated rings. The van der Waals surface area contributed by atoms with E-state index in [4.69, 9.17) is 18.9 Å². The van der Waals surface area contributed by atoms with Crippen LogP contribution in [0.5, 0.6) is 11.5 Å². The molecule has 0 aromatic heterocycles. The SMILES string of the molecule is COC(=O)c1cc(OC2CCC(C(=O)OCc3cccc4ccccc34)CC2)c(C#N)cc1OC. The standard InChI is InChI=1S/C28H27NO6/c1-32-26-14-21(16-29)25(15-24(26)28(31)33-2)35-22-12-10-19(11-13-22)27(30)34-17-20-8-5-7-18-6-3-4-9-23(18)20/h3-9,14-15,19,22H,10-13,17H2,1-2H3. The minimum atomic E-state index is -0.575. The average molecular weight is 474 g/mol. The third kappa shape index (κ3) is 5.38. The summed E-state index contributed by atoms with van der Waals surface area (Å²) in [4.78, 5) is 24.8. The highest BCUT2D eigenvalue weighted by molar-refractivity contribution is 5.93. The summed E-state index contributed by atoms with van der Waals surface area (Å²) < 4.78 is 21.8. The molecule has 7 nitrogen and oxygen atoms in total. The van der Waals surface area contributed by atoms with E-state index in [1.165, 1.54) is 26.4 Å². The van der Waals surface area contributed by atoms with Gasteiger partial charge in [-0.15, -0.1) is 0 Å². The molecular weight excluding hydrogens is 446 g/mol. The van der Waals surface area contributed by atoms with Crippen molar-refractivity contribution in [2.45, 2.75) is 38.4 Å². The third-order valence-electron chi connectivity index (χ3n) is 6.38. The lowest BCUT2D eigenvalue weighted by molar-refractivity contribution is -0.151. The van der Waals surface area contributed by atoms with Crippen LogP contribution < -0.4 is 9.47 Å². The van der Waals surface area contributed by atoms with Gasteiger partial charge in [-0.05, 0) is 48.1 Å². The maximum atomic E-state index is 12.7. The van der Waals surface area contributed by atoms with Crippen LogP contribution in [0.15, 0.2) is 54.6 Å². The van der Waals surface area contributed by atoms with Crippen molar-refractivity contribution in [1.82, 2.24) is 0 Å². The Balaban J connectivity index is 1.36.